The quantitative estimate of drug-likeness (QED) is 0.711. The van der Waals surface area contributed by atoms with Gasteiger partial charge in [0.05, 0.1) is 14.2 Å². The predicted octanol–water partition coefficient (Wildman–Crippen LogP) is 2.00. The SMILES string of the molecule is COc1ccc(NC(=O)c2cn(-c3cc(N(C)C)ncn3)cn2)cc1OC. The number of carbonyl (C=O) groups is 1. The van der Waals surface area contributed by atoms with Crippen molar-refractivity contribution in [1.82, 2.24) is 19.5 Å². The molecule has 1 N–H and O–H groups in total. The van der Waals surface area contributed by atoms with E-state index in [0.29, 0.717) is 23.0 Å². The summed E-state index contributed by atoms with van der Waals surface area (Å²) in [4.78, 5) is 26.9. The summed E-state index contributed by atoms with van der Waals surface area (Å²) >= 11 is 0. The molecule has 9 heteroatoms. The number of hydrogen-bond acceptors (Lipinski definition) is 7. The topological polar surface area (TPSA) is 94.4 Å². The summed E-state index contributed by atoms with van der Waals surface area (Å²) in [5.74, 6) is 2.14. The lowest BCUT2D eigenvalue weighted by Gasteiger charge is -2.11. The summed E-state index contributed by atoms with van der Waals surface area (Å²) in [5.41, 5.74) is 0.832. The van der Waals surface area contributed by atoms with E-state index in [2.05, 4.69) is 20.3 Å². The van der Waals surface area contributed by atoms with Gasteiger partial charge in [-0.1, -0.05) is 0 Å². The first-order valence-electron chi connectivity index (χ1n) is 8.09. The number of methoxy groups -OCH3 is 2. The Hall–Kier alpha value is -3.62. The average molecular weight is 368 g/mol. The average Bonchev–Trinajstić information content (AvgIpc) is 3.18. The summed E-state index contributed by atoms with van der Waals surface area (Å²) < 4.78 is 12.1. The second-order valence-corrected chi connectivity index (χ2v) is 5.82. The Bertz CT molecular complexity index is 954. The molecule has 0 spiro atoms. The number of nitrogens with one attached hydrogen (secondary N) is 1. The molecule has 0 aliphatic rings. The molecule has 9 nitrogen and oxygen atoms in total. The summed E-state index contributed by atoms with van der Waals surface area (Å²) in [6.07, 6.45) is 4.61. The fraction of sp³-hybridized carbons (Fsp3) is 0.222. The van der Waals surface area contributed by atoms with Crippen molar-refractivity contribution >= 4 is 17.4 Å². The van der Waals surface area contributed by atoms with Crippen molar-refractivity contribution in [3.8, 4) is 17.3 Å². The number of anilines is 2. The molecule has 0 radical (unpaired) electrons. The van der Waals surface area contributed by atoms with Crippen LogP contribution in [0.3, 0.4) is 0 Å². The van der Waals surface area contributed by atoms with Crippen molar-refractivity contribution in [2.75, 3.05) is 38.5 Å². The van der Waals surface area contributed by atoms with Crippen LogP contribution in [0.15, 0.2) is 43.1 Å². The van der Waals surface area contributed by atoms with Gasteiger partial charge in [-0.05, 0) is 12.1 Å². The smallest absolute Gasteiger partial charge is 0.275 e. The normalized spacial score (nSPS) is 10.4. The van der Waals surface area contributed by atoms with Gasteiger partial charge in [0.1, 0.15) is 30.0 Å². The zero-order chi connectivity index (χ0) is 19.4. The number of amides is 1. The van der Waals surface area contributed by atoms with E-state index in [0.717, 1.165) is 5.82 Å². The molecule has 3 rings (SSSR count). The standard InChI is InChI=1S/C18H20N6O3/c1-23(2)16-8-17(20-10-19-16)24-9-13(21-11-24)18(25)22-12-5-6-14(26-3)15(7-12)27-4/h5-11H,1-4H3,(H,22,25). The first kappa shape index (κ1) is 18.2. The highest BCUT2D eigenvalue weighted by molar-refractivity contribution is 6.02. The van der Waals surface area contributed by atoms with Crippen LogP contribution in [0.1, 0.15) is 10.5 Å². The lowest BCUT2D eigenvalue weighted by atomic mass is 10.2. The molecule has 0 unspecified atom stereocenters. The molecule has 140 valence electrons. The van der Waals surface area contributed by atoms with Crippen LogP contribution in [-0.4, -0.2) is 53.7 Å². The van der Waals surface area contributed by atoms with E-state index in [-0.39, 0.29) is 11.6 Å². The van der Waals surface area contributed by atoms with Gasteiger partial charge in [0.15, 0.2) is 11.5 Å². The third-order valence-electron chi connectivity index (χ3n) is 3.82. The first-order valence-corrected chi connectivity index (χ1v) is 8.09. The van der Waals surface area contributed by atoms with Crippen LogP contribution in [-0.2, 0) is 0 Å². The van der Waals surface area contributed by atoms with E-state index in [1.165, 1.54) is 19.8 Å². The Morgan fingerprint density at radius 1 is 1.07 bits per heavy atom. The summed E-state index contributed by atoms with van der Waals surface area (Å²) in [6.45, 7) is 0. The molecule has 1 amide bonds. The van der Waals surface area contributed by atoms with Crippen molar-refractivity contribution < 1.29 is 14.3 Å². The predicted molar refractivity (Wildman–Crippen MR) is 101 cm³/mol. The van der Waals surface area contributed by atoms with Crippen molar-refractivity contribution in [2.24, 2.45) is 0 Å². The maximum Gasteiger partial charge on any atom is 0.275 e. The molecule has 2 heterocycles. The van der Waals surface area contributed by atoms with Gasteiger partial charge in [0, 0.05) is 38.1 Å². The number of ether oxygens (including phenoxy) is 2. The zero-order valence-electron chi connectivity index (χ0n) is 15.5. The number of imidazole rings is 1. The van der Waals surface area contributed by atoms with E-state index >= 15 is 0 Å². The van der Waals surface area contributed by atoms with Crippen LogP contribution in [0.25, 0.3) is 5.82 Å². The van der Waals surface area contributed by atoms with Gasteiger partial charge in [-0.15, -0.1) is 0 Å². The van der Waals surface area contributed by atoms with Gasteiger partial charge in [-0.3, -0.25) is 9.36 Å². The van der Waals surface area contributed by atoms with Crippen molar-refractivity contribution in [2.45, 2.75) is 0 Å². The molecule has 1 aromatic carbocycles. The molecule has 0 saturated carbocycles. The molecule has 3 aromatic rings. The lowest BCUT2D eigenvalue weighted by molar-refractivity contribution is 0.102. The van der Waals surface area contributed by atoms with Gasteiger partial charge in [-0.25, -0.2) is 15.0 Å². The summed E-state index contributed by atoms with van der Waals surface area (Å²) in [5, 5.41) is 2.79. The summed E-state index contributed by atoms with van der Waals surface area (Å²) in [7, 11) is 6.87. The minimum absolute atomic E-state index is 0.259. The van der Waals surface area contributed by atoms with Gasteiger partial charge in [0.25, 0.3) is 5.91 Å². The molecule has 0 saturated heterocycles. The number of nitrogens with zero attached hydrogens (tertiary/aromatic N) is 5. The Labute approximate surface area is 156 Å². The second-order valence-electron chi connectivity index (χ2n) is 5.82. The first-order chi connectivity index (χ1) is 13.0. The van der Waals surface area contributed by atoms with Gasteiger partial charge < -0.3 is 19.7 Å². The number of carbonyl (C=O) groups excluding carboxylic acids is 1. The van der Waals surface area contributed by atoms with Gasteiger partial charge in [-0.2, -0.15) is 0 Å². The van der Waals surface area contributed by atoms with E-state index in [4.69, 9.17) is 9.47 Å². The molecule has 0 bridgehead atoms. The highest BCUT2D eigenvalue weighted by Gasteiger charge is 2.13. The molecule has 27 heavy (non-hydrogen) atoms. The van der Waals surface area contributed by atoms with Crippen LogP contribution in [0.2, 0.25) is 0 Å². The van der Waals surface area contributed by atoms with Gasteiger partial charge in [0.2, 0.25) is 0 Å². The minimum Gasteiger partial charge on any atom is -0.493 e. The molecule has 0 aliphatic carbocycles. The lowest BCUT2D eigenvalue weighted by Crippen LogP contribution is -2.13. The third kappa shape index (κ3) is 3.97. The molecular formula is C18H20N6O3. The second kappa shape index (κ2) is 7.73. The Morgan fingerprint density at radius 3 is 2.56 bits per heavy atom. The van der Waals surface area contributed by atoms with Crippen molar-refractivity contribution in [3.05, 3.63) is 48.8 Å². The maximum absolute atomic E-state index is 12.5. The van der Waals surface area contributed by atoms with Crippen molar-refractivity contribution in [3.63, 3.8) is 0 Å². The summed E-state index contributed by atoms with van der Waals surface area (Å²) in [6, 6.07) is 6.93. The van der Waals surface area contributed by atoms with E-state index < -0.39 is 0 Å². The number of aromatic nitrogens is 4. The fourth-order valence-electron chi connectivity index (χ4n) is 2.40. The maximum atomic E-state index is 12.5. The highest BCUT2D eigenvalue weighted by atomic mass is 16.5. The molecule has 0 atom stereocenters. The molecule has 2 aromatic heterocycles. The Balaban J connectivity index is 1.78. The monoisotopic (exact) mass is 368 g/mol. The zero-order valence-corrected chi connectivity index (χ0v) is 15.5. The van der Waals surface area contributed by atoms with Crippen LogP contribution in [0.5, 0.6) is 11.5 Å². The Kier molecular flexibility index (Phi) is 5.20. The minimum atomic E-state index is -0.345. The van der Waals surface area contributed by atoms with E-state index in [9.17, 15) is 4.79 Å². The third-order valence-corrected chi connectivity index (χ3v) is 3.82. The van der Waals surface area contributed by atoms with Crippen molar-refractivity contribution in [1.29, 1.82) is 0 Å². The number of hydrogen-bond donors (Lipinski definition) is 1. The number of benzene rings is 1. The Morgan fingerprint density at radius 2 is 1.85 bits per heavy atom. The molecule has 0 aliphatic heterocycles. The van der Waals surface area contributed by atoms with Crippen LogP contribution in [0, 0.1) is 0 Å². The highest BCUT2D eigenvalue weighted by Crippen LogP contribution is 2.29. The molecular weight excluding hydrogens is 348 g/mol. The van der Waals surface area contributed by atoms with E-state index in [1.807, 2.05) is 19.0 Å². The number of rotatable bonds is 6. The largest absolute Gasteiger partial charge is 0.493 e. The molecule has 0 fully saturated rings. The van der Waals surface area contributed by atoms with Crippen LogP contribution < -0.4 is 19.7 Å². The fourth-order valence-corrected chi connectivity index (χ4v) is 2.40. The van der Waals surface area contributed by atoms with Crippen LogP contribution >= 0.6 is 0 Å². The van der Waals surface area contributed by atoms with Gasteiger partial charge >= 0.3 is 0 Å². The van der Waals surface area contributed by atoms with E-state index in [1.54, 1.807) is 42.1 Å². The van der Waals surface area contributed by atoms with Crippen LogP contribution in [0.4, 0.5) is 11.5 Å².